The topological polar surface area (TPSA) is 288 Å². The van der Waals surface area contributed by atoms with Crippen LogP contribution in [0.5, 0.6) is 0 Å². The van der Waals surface area contributed by atoms with E-state index >= 15 is 0 Å². The number of benzene rings is 1. The Labute approximate surface area is 363 Å². The Morgan fingerprint density at radius 1 is 0.619 bits per heavy atom. The van der Waals surface area contributed by atoms with Crippen LogP contribution in [0.2, 0.25) is 0 Å². The summed E-state index contributed by atoms with van der Waals surface area (Å²) in [5, 5.41) is 10.1. The number of esters is 8. The van der Waals surface area contributed by atoms with Crippen LogP contribution in [0.15, 0.2) is 34.2 Å². The number of rotatable bonds is 14. The molecule has 2 aliphatic heterocycles. The first-order chi connectivity index (χ1) is 29.6. The lowest BCUT2D eigenvalue weighted by Crippen LogP contribution is -2.62. The molecular weight excluding hydrogens is 859 g/mol. The largest absolute Gasteiger partial charge is 0.463 e. The Bertz CT molecular complexity index is 2200. The number of aromatic nitrogens is 2. The molecule has 0 radical (unpaired) electrons. The lowest BCUT2D eigenvalue weighted by molar-refractivity contribution is -0.270. The number of hydrogen-bond acceptors (Lipinski definition) is 22. The summed E-state index contributed by atoms with van der Waals surface area (Å²) in [5.41, 5.74) is -2.51. The number of carbonyl (C=O) groups is 8. The van der Waals surface area contributed by atoms with Crippen LogP contribution < -0.4 is 5.56 Å². The molecule has 0 amide bonds. The van der Waals surface area contributed by atoms with Gasteiger partial charge in [0.05, 0.1) is 5.69 Å². The smallest absolute Gasteiger partial charge is 0.303 e. The van der Waals surface area contributed by atoms with Gasteiger partial charge in [0.1, 0.15) is 37.1 Å². The molecule has 1 aromatic heterocycles. The van der Waals surface area contributed by atoms with Gasteiger partial charge in [-0.2, -0.15) is 5.26 Å². The van der Waals surface area contributed by atoms with Crippen molar-refractivity contribution in [1.29, 1.82) is 5.26 Å². The Morgan fingerprint density at radius 2 is 1.03 bits per heavy atom. The van der Waals surface area contributed by atoms with Gasteiger partial charge in [0.15, 0.2) is 53.4 Å². The van der Waals surface area contributed by atoms with Crippen molar-refractivity contribution in [3.05, 3.63) is 45.7 Å². The average Bonchev–Trinajstić information content (AvgIpc) is 3.16. The molecule has 1 aromatic carbocycles. The molecule has 2 fully saturated rings. The van der Waals surface area contributed by atoms with Gasteiger partial charge in [0.25, 0.3) is 5.56 Å². The Morgan fingerprint density at radius 3 is 1.48 bits per heavy atom. The molecule has 2 aromatic rings. The summed E-state index contributed by atoms with van der Waals surface area (Å²) in [6, 6.07) is 8.34. The van der Waals surface area contributed by atoms with Crippen molar-refractivity contribution in [3.63, 3.8) is 0 Å². The van der Waals surface area contributed by atoms with E-state index in [1.807, 2.05) is 6.07 Å². The lowest BCUT2D eigenvalue weighted by Gasteiger charge is -2.45. The van der Waals surface area contributed by atoms with E-state index in [0.717, 1.165) is 65.5 Å². The van der Waals surface area contributed by atoms with Crippen molar-refractivity contribution in [1.82, 2.24) is 9.55 Å². The van der Waals surface area contributed by atoms with Gasteiger partial charge >= 0.3 is 47.8 Å². The van der Waals surface area contributed by atoms with E-state index in [1.54, 1.807) is 31.2 Å². The third-order valence-electron chi connectivity index (χ3n) is 8.91. The highest BCUT2D eigenvalue weighted by Gasteiger charge is 2.56. The Balaban J connectivity index is 2.10. The maximum Gasteiger partial charge on any atom is 0.303 e. The highest BCUT2D eigenvalue weighted by atomic mass is 32.2. The number of ether oxygens (including phenoxy) is 10. The predicted molar refractivity (Wildman–Crippen MR) is 208 cm³/mol. The summed E-state index contributed by atoms with van der Waals surface area (Å²) in [6.07, 6.45) is -15.2. The summed E-state index contributed by atoms with van der Waals surface area (Å²) in [4.78, 5) is 119. The zero-order valence-corrected chi connectivity index (χ0v) is 36.3. The van der Waals surface area contributed by atoms with Gasteiger partial charge in [-0.25, -0.2) is 4.98 Å². The first-order valence-corrected chi connectivity index (χ1v) is 19.9. The molecule has 0 saturated carbocycles. The van der Waals surface area contributed by atoms with Crippen LogP contribution in [0.4, 0.5) is 0 Å². The molecule has 4 rings (SSSR count). The Kier molecular flexibility index (Phi) is 16.9. The van der Waals surface area contributed by atoms with Crippen LogP contribution in [0.3, 0.4) is 0 Å². The zero-order valence-electron chi connectivity index (χ0n) is 35.5. The molecule has 0 spiro atoms. The molecule has 0 N–H and O–H groups in total. The van der Waals surface area contributed by atoms with Gasteiger partial charge < -0.3 is 47.4 Å². The van der Waals surface area contributed by atoms with Gasteiger partial charge in [-0.3, -0.25) is 47.7 Å². The molecule has 3 heterocycles. The number of nitrogens with zero attached hydrogens (tertiary/aromatic N) is 3. The van der Waals surface area contributed by atoms with E-state index < -0.39 is 138 Å². The fourth-order valence-corrected chi connectivity index (χ4v) is 7.84. The second-order valence-electron chi connectivity index (χ2n) is 14.0. The van der Waals surface area contributed by atoms with E-state index in [-0.39, 0.29) is 11.3 Å². The monoisotopic (exact) mass is 903 g/mol. The molecule has 22 nitrogen and oxygen atoms in total. The van der Waals surface area contributed by atoms with Crippen molar-refractivity contribution in [3.8, 4) is 17.3 Å². The van der Waals surface area contributed by atoms with E-state index in [4.69, 9.17) is 52.4 Å². The van der Waals surface area contributed by atoms with Crippen molar-refractivity contribution in [2.75, 3.05) is 13.2 Å². The molecule has 63 heavy (non-hydrogen) atoms. The highest BCUT2D eigenvalue weighted by molar-refractivity contribution is 7.99. The SMILES string of the molecule is CC(=O)OC[C@H]1O[C@@H](n2c(S[C@@H]3O[C@H](COC(C)=O)[C@H](OC(C)=O)[C@H](OC(C)=O)[C@H]3OC(C)=O)nc(-c3ccc(C)cc3)c(C#N)c2=O)[C@H](OC(C)=O)[C@@H](OC(C)=O)[C@H]1OC(C)=O. The molecule has 23 heteroatoms. The van der Waals surface area contributed by atoms with Crippen LogP contribution in [0.1, 0.15) is 72.7 Å². The fourth-order valence-electron chi connectivity index (χ4n) is 6.64. The standard InChI is InChI=1S/C40H45N3O19S/c1-17-10-12-26(13-11-17)30-27(14-41)37(52)43(38-35(59-24(8)50)33(57-22(6)48)31(55-20(4)46)28(61-38)15-53-18(2)44)40(42-30)63-39-36(60-25(9)51)34(58-23(7)49)32(56-21(5)47)29(62-39)16-54-19(3)45/h10-13,28-29,31-36,38-39H,15-16H2,1-9H3/t28-,29-,31+,32+,33+,34+,35-,36-,38-,39+/m1/s1. The third kappa shape index (κ3) is 12.8. The van der Waals surface area contributed by atoms with Gasteiger partial charge in [0.2, 0.25) is 0 Å². The summed E-state index contributed by atoms with van der Waals surface area (Å²) < 4.78 is 57.1. The van der Waals surface area contributed by atoms with Gasteiger partial charge in [-0.05, 0) is 6.92 Å². The van der Waals surface area contributed by atoms with Gasteiger partial charge in [-0.1, -0.05) is 41.6 Å². The van der Waals surface area contributed by atoms with Crippen molar-refractivity contribution in [2.24, 2.45) is 0 Å². The van der Waals surface area contributed by atoms with Crippen molar-refractivity contribution < 1.29 is 85.7 Å². The summed E-state index contributed by atoms with van der Waals surface area (Å²) >= 11 is 0.509. The molecule has 340 valence electrons. The number of thioether (sulfide) groups is 1. The fraction of sp³-hybridized carbons (Fsp3) is 0.525. The quantitative estimate of drug-likeness (QED) is 0.147. The minimum absolute atomic E-state index is 0.197. The summed E-state index contributed by atoms with van der Waals surface area (Å²) in [6.45, 7) is 8.68. The van der Waals surface area contributed by atoms with E-state index in [0.29, 0.717) is 11.8 Å². The first kappa shape index (κ1) is 49.3. The van der Waals surface area contributed by atoms with Crippen LogP contribution in [-0.2, 0) is 85.7 Å². The molecule has 0 aliphatic carbocycles. The van der Waals surface area contributed by atoms with Crippen LogP contribution in [0, 0.1) is 18.3 Å². The molecule has 2 saturated heterocycles. The number of hydrogen-bond donors (Lipinski definition) is 0. The number of carbonyl (C=O) groups excluding carboxylic acids is 8. The highest BCUT2D eigenvalue weighted by Crippen LogP contribution is 2.41. The van der Waals surface area contributed by atoms with Gasteiger partial charge in [0, 0.05) is 61.0 Å². The zero-order chi connectivity index (χ0) is 46.9. The van der Waals surface area contributed by atoms with E-state index in [2.05, 4.69) is 0 Å². The summed E-state index contributed by atoms with van der Waals surface area (Å²) in [7, 11) is 0. The molecular formula is C40H45N3O19S. The maximum absolute atomic E-state index is 15.0. The molecule has 10 atom stereocenters. The second-order valence-corrected chi connectivity index (χ2v) is 15.1. The van der Waals surface area contributed by atoms with Crippen LogP contribution in [0.25, 0.3) is 11.3 Å². The predicted octanol–water partition coefficient (Wildman–Crippen LogP) is 1.52. The Hall–Kier alpha value is -6.38. The van der Waals surface area contributed by atoms with Crippen molar-refractivity contribution >= 4 is 59.5 Å². The number of nitriles is 1. The third-order valence-corrected chi connectivity index (χ3v) is 10.0. The van der Waals surface area contributed by atoms with Crippen molar-refractivity contribution in [2.45, 2.75) is 128 Å². The average molecular weight is 904 g/mol. The maximum atomic E-state index is 15.0. The van der Waals surface area contributed by atoms with Gasteiger partial charge in [-0.15, -0.1) is 0 Å². The van der Waals surface area contributed by atoms with Crippen LogP contribution >= 0.6 is 11.8 Å². The minimum Gasteiger partial charge on any atom is -0.463 e. The minimum atomic E-state index is -1.97. The molecule has 0 bridgehead atoms. The normalized spacial score (nSPS) is 25.2. The molecule has 0 unspecified atom stereocenters. The lowest BCUT2D eigenvalue weighted by atomic mass is 9.96. The van der Waals surface area contributed by atoms with E-state index in [1.165, 1.54) is 0 Å². The second kappa shape index (κ2) is 21.6. The number of aryl methyl sites for hydroxylation is 1. The summed E-state index contributed by atoms with van der Waals surface area (Å²) in [5.74, 6) is -7.31. The molecule has 2 aliphatic rings. The first-order valence-electron chi connectivity index (χ1n) is 19.0. The van der Waals surface area contributed by atoms with Crippen LogP contribution in [-0.4, -0.2) is 125 Å². The van der Waals surface area contributed by atoms with E-state index in [9.17, 15) is 48.4 Å².